The number of rotatable bonds is 2. The van der Waals surface area contributed by atoms with Crippen LogP contribution in [-0.2, 0) is 6.54 Å². The monoisotopic (exact) mass is 161 g/mol. The van der Waals surface area contributed by atoms with Crippen LogP contribution < -0.4 is 5.73 Å². The Morgan fingerprint density at radius 1 is 1.42 bits per heavy atom. The van der Waals surface area contributed by atoms with Crippen molar-refractivity contribution in [1.29, 1.82) is 0 Å². The fourth-order valence-corrected chi connectivity index (χ4v) is 1.34. The van der Waals surface area contributed by atoms with E-state index >= 15 is 0 Å². The molecule has 0 unspecified atom stereocenters. The van der Waals surface area contributed by atoms with E-state index in [9.17, 15) is 0 Å². The van der Waals surface area contributed by atoms with E-state index < -0.39 is 0 Å². The van der Waals surface area contributed by atoms with Crippen molar-refractivity contribution in [3.8, 4) is 0 Å². The van der Waals surface area contributed by atoms with E-state index in [1.165, 1.54) is 5.39 Å². The van der Waals surface area contributed by atoms with Gasteiger partial charge in [0.15, 0.2) is 0 Å². The summed E-state index contributed by atoms with van der Waals surface area (Å²) in [4.78, 5) is 4.27. The first-order valence-corrected chi connectivity index (χ1v) is 4.02. The highest BCUT2D eigenvalue weighted by molar-refractivity contribution is 5.75. The van der Waals surface area contributed by atoms with E-state index in [0.29, 0.717) is 6.54 Å². The Morgan fingerprint density at radius 3 is 3.17 bits per heavy atom. The molecule has 0 fully saturated rings. The van der Waals surface area contributed by atoms with Crippen LogP contribution >= 0.6 is 0 Å². The predicted molar refractivity (Wildman–Crippen MR) is 48.8 cm³/mol. The van der Waals surface area contributed by atoms with Gasteiger partial charge in [-0.05, 0) is 18.2 Å². The minimum atomic E-state index is 0.653. The van der Waals surface area contributed by atoms with E-state index in [4.69, 9.17) is 5.73 Å². The van der Waals surface area contributed by atoms with Gasteiger partial charge in [-0.2, -0.15) is 0 Å². The summed E-state index contributed by atoms with van der Waals surface area (Å²) < 4.78 is 2.06. The summed E-state index contributed by atoms with van der Waals surface area (Å²) >= 11 is 0. The van der Waals surface area contributed by atoms with Gasteiger partial charge < -0.3 is 10.3 Å². The molecular weight excluding hydrogens is 150 g/mol. The fourth-order valence-electron chi connectivity index (χ4n) is 1.34. The van der Waals surface area contributed by atoms with Crippen LogP contribution in [0, 0.1) is 0 Å². The van der Waals surface area contributed by atoms with E-state index in [1.807, 2.05) is 12.3 Å². The number of fused-ring (bicyclic) bond motifs is 1. The van der Waals surface area contributed by atoms with Crippen LogP contribution in [0.15, 0.2) is 30.6 Å². The molecule has 0 aliphatic rings. The molecule has 0 saturated heterocycles. The van der Waals surface area contributed by atoms with Crippen LogP contribution in [-0.4, -0.2) is 16.1 Å². The van der Waals surface area contributed by atoms with Crippen LogP contribution in [0.3, 0.4) is 0 Å². The molecule has 0 radical (unpaired) electrons. The Bertz CT molecular complexity index is 378. The van der Waals surface area contributed by atoms with Crippen molar-refractivity contribution in [3.05, 3.63) is 30.6 Å². The summed E-state index contributed by atoms with van der Waals surface area (Å²) in [6.45, 7) is 1.49. The third kappa shape index (κ3) is 1.08. The van der Waals surface area contributed by atoms with Gasteiger partial charge in [-0.15, -0.1) is 0 Å². The van der Waals surface area contributed by atoms with Crippen molar-refractivity contribution in [2.75, 3.05) is 6.54 Å². The molecule has 62 valence electrons. The molecule has 0 aliphatic heterocycles. The molecule has 0 atom stereocenters. The van der Waals surface area contributed by atoms with Crippen molar-refractivity contribution in [2.24, 2.45) is 5.73 Å². The minimum Gasteiger partial charge on any atom is -0.331 e. The Balaban J connectivity index is 2.55. The van der Waals surface area contributed by atoms with Gasteiger partial charge in [0, 0.05) is 30.9 Å². The normalized spacial score (nSPS) is 10.8. The Kier molecular flexibility index (Phi) is 1.80. The SMILES string of the molecule is NCCn1ccc2cccnc21. The van der Waals surface area contributed by atoms with Gasteiger partial charge in [0.05, 0.1) is 0 Å². The molecule has 2 N–H and O–H groups in total. The molecule has 2 heterocycles. The zero-order valence-corrected chi connectivity index (χ0v) is 6.77. The van der Waals surface area contributed by atoms with Crippen molar-refractivity contribution in [2.45, 2.75) is 6.54 Å². The molecule has 3 heteroatoms. The van der Waals surface area contributed by atoms with Crippen molar-refractivity contribution < 1.29 is 0 Å². The molecule has 0 bridgehead atoms. The lowest BCUT2D eigenvalue weighted by atomic mass is 10.3. The van der Waals surface area contributed by atoms with Gasteiger partial charge in [0.2, 0.25) is 0 Å². The van der Waals surface area contributed by atoms with E-state index in [1.54, 1.807) is 6.20 Å². The second-order valence-corrected chi connectivity index (χ2v) is 2.71. The van der Waals surface area contributed by atoms with Crippen LogP contribution in [0.5, 0.6) is 0 Å². The highest BCUT2D eigenvalue weighted by Crippen LogP contribution is 2.11. The number of nitrogens with zero attached hydrogens (tertiary/aromatic N) is 2. The molecule has 0 aliphatic carbocycles. The second kappa shape index (κ2) is 2.95. The summed E-state index contributed by atoms with van der Waals surface area (Å²) in [5.41, 5.74) is 6.48. The van der Waals surface area contributed by atoms with Crippen LogP contribution in [0.4, 0.5) is 0 Å². The average Bonchev–Trinajstić information content (AvgIpc) is 2.50. The van der Waals surface area contributed by atoms with Gasteiger partial charge in [0.25, 0.3) is 0 Å². The molecule has 0 aromatic carbocycles. The molecule has 2 aromatic heterocycles. The Hall–Kier alpha value is -1.35. The average molecular weight is 161 g/mol. The van der Waals surface area contributed by atoms with Gasteiger partial charge in [-0.1, -0.05) is 0 Å². The molecule has 12 heavy (non-hydrogen) atoms. The van der Waals surface area contributed by atoms with Gasteiger partial charge in [-0.25, -0.2) is 4.98 Å². The van der Waals surface area contributed by atoms with Gasteiger partial charge >= 0.3 is 0 Å². The molecule has 2 rings (SSSR count). The quantitative estimate of drug-likeness (QED) is 0.714. The van der Waals surface area contributed by atoms with Gasteiger partial charge in [0.1, 0.15) is 5.65 Å². The highest BCUT2D eigenvalue weighted by Gasteiger charge is 1.98. The van der Waals surface area contributed by atoms with Crippen molar-refractivity contribution in [3.63, 3.8) is 0 Å². The van der Waals surface area contributed by atoms with E-state index in [0.717, 1.165) is 12.2 Å². The summed E-state index contributed by atoms with van der Waals surface area (Å²) in [6, 6.07) is 6.04. The second-order valence-electron chi connectivity index (χ2n) is 2.71. The molecule has 2 aromatic rings. The standard InChI is InChI=1S/C9H11N3/c10-4-7-12-6-3-8-2-1-5-11-9(8)12/h1-3,5-6H,4,7,10H2. The zero-order valence-electron chi connectivity index (χ0n) is 6.77. The maximum atomic E-state index is 5.46. The topological polar surface area (TPSA) is 43.8 Å². The number of pyridine rings is 1. The minimum absolute atomic E-state index is 0.653. The molecule has 0 saturated carbocycles. The van der Waals surface area contributed by atoms with Crippen molar-refractivity contribution >= 4 is 11.0 Å². The first kappa shape index (κ1) is 7.31. The number of hydrogen-bond acceptors (Lipinski definition) is 2. The first-order chi connectivity index (χ1) is 5.92. The van der Waals surface area contributed by atoms with Crippen LogP contribution in [0.2, 0.25) is 0 Å². The third-order valence-corrected chi connectivity index (χ3v) is 1.89. The molecule has 3 nitrogen and oxygen atoms in total. The lowest BCUT2D eigenvalue weighted by Crippen LogP contribution is -2.08. The number of aromatic nitrogens is 2. The first-order valence-electron chi connectivity index (χ1n) is 4.02. The summed E-state index contributed by atoms with van der Waals surface area (Å²) in [7, 11) is 0. The van der Waals surface area contributed by atoms with E-state index in [2.05, 4.69) is 21.7 Å². The maximum Gasteiger partial charge on any atom is 0.139 e. The molecule has 0 spiro atoms. The Labute approximate surface area is 70.8 Å². The lowest BCUT2D eigenvalue weighted by molar-refractivity contribution is 0.728. The van der Waals surface area contributed by atoms with Crippen LogP contribution in [0.25, 0.3) is 11.0 Å². The smallest absolute Gasteiger partial charge is 0.139 e. The van der Waals surface area contributed by atoms with Crippen molar-refractivity contribution in [1.82, 2.24) is 9.55 Å². The third-order valence-electron chi connectivity index (χ3n) is 1.89. The summed E-state index contributed by atoms with van der Waals surface area (Å²) in [6.07, 6.45) is 3.82. The summed E-state index contributed by atoms with van der Waals surface area (Å²) in [5, 5.41) is 1.17. The largest absolute Gasteiger partial charge is 0.331 e. The van der Waals surface area contributed by atoms with E-state index in [-0.39, 0.29) is 0 Å². The zero-order chi connectivity index (χ0) is 8.39. The number of hydrogen-bond donors (Lipinski definition) is 1. The lowest BCUT2D eigenvalue weighted by Gasteiger charge is -2.00. The predicted octanol–water partition coefficient (Wildman–Crippen LogP) is 0.995. The highest BCUT2D eigenvalue weighted by atomic mass is 15.0. The van der Waals surface area contributed by atoms with Crippen LogP contribution in [0.1, 0.15) is 0 Å². The Morgan fingerprint density at radius 2 is 2.33 bits per heavy atom. The number of nitrogens with two attached hydrogens (primary N) is 1. The fraction of sp³-hybridized carbons (Fsp3) is 0.222. The molecule has 0 amide bonds. The molecular formula is C9H11N3. The maximum absolute atomic E-state index is 5.46. The van der Waals surface area contributed by atoms with Gasteiger partial charge in [-0.3, -0.25) is 0 Å². The summed E-state index contributed by atoms with van der Waals surface area (Å²) in [5.74, 6) is 0.